The van der Waals surface area contributed by atoms with Crippen LogP contribution in [-0.4, -0.2) is 32.5 Å². The Morgan fingerprint density at radius 2 is 1.96 bits per heavy atom. The van der Waals surface area contributed by atoms with Crippen molar-refractivity contribution >= 4 is 17.5 Å². The third-order valence-electron chi connectivity index (χ3n) is 3.56. The Bertz CT molecular complexity index is 851. The number of hydrogen-bond acceptors (Lipinski definition) is 5. The van der Waals surface area contributed by atoms with Gasteiger partial charge in [-0.05, 0) is 30.7 Å². The first-order chi connectivity index (χ1) is 12.2. The minimum absolute atomic E-state index is 0.167. The first-order valence-corrected chi connectivity index (χ1v) is 8.34. The molecule has 25 heavy (non-hydrogen) atoms. The minimum Gasteiger partial charge on any atom is -0.419 e. The number of halogens is 1. The number of carbonyl (C=O) groups is 1. The summed E-state index contributed by atoms with van der Waals surface area (Å²) < 4.78 is 5.69. The van der Waals surface area contributed by atoms with Crippen LogP contribution in [0.2, 0.25) is 5.02 Å². The topological polar surface area (TPSA) is 72.1 Å². The van der Waals surface area contributed by atoms with E-state index >= 15 is 0 Å². The van der Waals surface area contributed by atoms with Gasteiger partial charge in [0.2, 0.25) is 11.8 Å². The summed E-state index contributed by atoms with van der Waals surface area (Å²) in [5.41, 5.74) is 1.06. The van der Waals surface area contributed by atoms with Crippen molar-refractivity contribution in [3.63, 3.8) is 0 Å². The van der Waals surface area contributed by atoms with Crippen LogP contribution in [0.15, 0.2) is 53.1 Å². The second kappa shape index (κ2) is 7.90. The van der Waals surface area contributed by atoms with Crippen LogP contribution in [-0.2, 0) is 6.54 Å². The van der Waals surface area contributed by atoms with Crippen molar-refractivity contribution in [3.8, 4) is 11.5 Å². The van der Waals surface area contributed by atoms with E-state index in [0.29, 0.717) is 34.6 Å². The van der Waals surface area contributed by atoms with Crippen LogP contribution in [0.25, 0.3) is 11.5 Å². The lowest BCUT2D eigenvalue weighted by Crippen LogP contribution is -2.32. The van der Waals surface area contributed by atoms with Crippen molar-refractivity contribution in [1.82, 2.24) is 20.1 Å². The Balaban J connectivity index is 1.79. The summed E-state index contributed by atoms with van der Waals surface area (Å²) >= 11 is 6.15. The smallest absolute Gasteiger partial charge is 0.272 e. The van der Waals surface area contributed by atoms with Crippen LogP contribution in [0.5, 0.6) is 0 Å². The molecule has 0 aliphatic heterocycles. The van der Waals surface area contributed by atoms with Gasteiger partial charge in [-0.2, -0.15) is 0 Å². The Morgan fingerprint density at radius 3 is 2.68 bits per heavy atom. The third-order valence-corrected chi connectivity index (χ3v) is 3.89. The van der Waals surface area contributed by atoms with Gasteiger partial charge in [-0.25, -0.2) is 0 Å². The highest BCUT2D eigenvalue weighted by Gasteiger charge is 2.20. The monoisotopic (exact) mass is 356 g/mol. The van der Waals surface area contributed by atoms with Crippen molar-refractivity contribution in [1.29, 1.82) is 0 Å². The predicted molar refractivity (Wildman–Crippen MR) is 94.0 cm³/mol. The molecule has 128 valence electrons. The fourth-order valence-electron chi connectivity index (χ4n) is 2.40. The second-order valence-corrected chi connectivity index (χ2v) is 5.83. The van der Waals surface area contributed by atoms with Gasteiger partial charge in [0.15, 0.2) is 0 Å². The molecular formula is C18H17ClN4O2. The highest BCUT2D eigenvalue weighted by atomic mass is 35.5. The van der Waals surface area contributed by atoms with Gasteiger partial charge in [0.05, 0.1) is 17.1 Å². The highest BCUT2D eigenvalue weighted by Crippen LogP contribution is 2.26. The summed E-state index contributed by atoms with van der Waals surface area (Å²) in [5, 5.41) is 8.61. The summed E-state index contributed by atoms with van der Waals surface area (Å²) in [6.07, 6.45) is 2.41. The van der Waals surface area contributed by atoms with E-state index in [1.54, 1.807) is 35.4 Å². The molecule has 0 bridgehead atoms. The number of pyridine rings is 1. The first kappa shape index (κ1) is 17.1. The summed E-state index contributed by atoms with van der Waals surface area (Å²) in [4.78, 5) is 18.4. The fraction of sp³-hybridized carbons (Fsp3) is 0.222. The molecule has 0 N–H and O–H groups in total. The van der Waals surface area contributed by atoms with Gasteiger partial charge < -0.3 is 9.32 Å². The molecule has 2 heterocycles. The molecule has 0 fully saturated rings. The predicted octanol–water partition coefficient (Wildman–Crippen LogP) is 3.84. The molecule has 2 aromatic heterocycles. The van der Waals surface area contributed by atoms with Gasteiger partial charge in [-0.15, -0.1) is 10.2 Å². The third kappa shape index (κ3) is 4.03. The van der Waals surface area contributed by atoms with Crippen LogP contribution in [0, 0.1) is 0 Å². The van der Waals surface area contributed by atoms with Gasteiger partial charge in [0.25, 0.3) is 5.91 Å². The summed E-state index contributed by atoms with van der Waals surface area (Å²) in [6.45, 7) is 2.79. The number of benzene rings is 1. The maximum atomic E-state index is 12.6. The molecule has 1 amide bonds. The zero-order chi connectivity index (χ0) is 17.6. The Hall–Kier alpha value is -2.73. The van der Waals surface area contributed by atoms with Gasteiger partial charge in [-0.3, -0.25) is 9.78 Å². The number of nitrogens with zero attached hydrogens (tertiary/aromatic N) is 4. The maximum Gasteiger partial charge on any atom is 0.272 e. The minimum atomic E-state index is -0.167. The quantitative estimate of drug-likeness (QED) is 0.671. The fourth-order valence-corrected chi connectivity index (χ4v) is 2.61. The van der Waals surface area contributed by atoms with Crippen LogP contribution in [0.3, 0.4) is 0 Å². The lowest BCUT2D eigenvalue weighted by molar-refractivity contribution is 0.0722. The van der Waals surface area contributed by atoms with E-state index in [9.17, 15) is 4.79 Å². The molecule has 0 aliphatic carbocycles. The Morgan fingerprint density at radius 1 is 1.16 bits per heavy atom. The summed E-state index contributed by atoms with van der Waals surface area (Å²) in [6, 6.07) is 12.5. The normalized spacial score (nSPS) is 10.6. The number of aromatic nitrogens is 3. The van der Waals surface area contributed by atoms with E-state index in [0.717, 1.165) is 6.42 Å². The molecule has 0 atom stereocenters. The molecule has 0 aliphatic rings. The second-order valence-electron chi connectivity index (χ2n) is 5.42. The van der Waals surface area contributed by atoms with E-state index in [1.165, 1.54) is 0 Å². The first-order valence-electron chi connectivity index (χ1n) is 7.96. The summed E-state index contributed by atoms with van der Waals surface area (Å²) in [5.74, 6) is 0.523. The molecule has 7 heteroatoms. The molecule has 0 saturated heterocycles. The number of hydrogen-bond donors (Lipinski definition) is 0. The summed E-state index contributed by atoms with van der Waals surface area (Å²) in [7, 11) is 0. The molecule has 3 aromatic rings. The maximum absolute atomic E-state index is 12.6. The van der Waals surface area contributed by atoms with Crippen molar-refractivity contribution in [3.05, 3.63) is 65.3 Å². The van der Waals surface area contributed by atoms with E-state index in [1.807, 2.05) is 25.1 Å². The van der Waals surface area contributed by atoms with Crippen LogP contribution in [0.4, 0.5) is 0 Å². The zero-order valence-corrected chi connectivity index (χ0v) is 14.5. The number of carbonyl (C=O) groups excluding carboxylic acids is 1. The van der Waals surface area contributed by atoms with Crippen molar-refractivity contribution in [2.45, 2.75) is 19.9 Å². The van der Waals surface area contributed by atoms with Gasteiger partial charge >= 0.3 is 0 Å². The van der Waals surface area contributed by atoms with E-state index in [-0.39, 0.29) is 12.5 Å². The average molecular weight is 357 g/mol. The molecular weight excluding hydrogens is 340 g/mol. The van der Waals surface area contributed by atoms with E-state index in [2.05, 4.69) is 15.2 Å². The Kier molecular flexibility index (Phi) is 5.40. The molecule has 3 rings (SSSR count). The van der Waals surface area contributed by atoms with E-state index < -0.39 is 0 Å². The van der Waals surface area contributed by atoms with Crippen LogP contribution >= 0.6 is 11.6 Å². The van der Waals surface area contributed by atoms with E-state index in [4.69, 9.17) is 16.0 Å². The van der Waals surface area contributed by atoms with Crippen LogP contribution < -0.4 is 0 Å². The van der Waals surface area contributed by atoms with Crippen molar-refractivity contribution in [2.24, 2.45) is 0 Å². The number of amides is 1. The van der Waals surface area contributed by atoms with Crippen molar-refractivity contribution < 1.29 is 9.21 Å². The zero-order valence-electron chi connectivity index (χ0n) is 13.7. The number of rotatable bonds is 6. The van der Waals surface area contributed by atoms with Gasteiger partial charge in [-0.1, -0.05) is 36.7 Å². The van der Waals surface area contributed by atoms with Gasteiger partial charge in [0, 0.05) is 12.7 Å². The highest BCUT2D eigenvalue weighted by molar-refractivity contribution is 6.33. The molecule has 0 radical (unpaired) electrons. The molecule has 0 saturated carbocycles. The SMILES string of the molecule is CCCN(Cc1nnc(-c2ccccc2Cl)o1)C(=O)c1ccccn1. The van der Waals surface area contributed by atoms with Crippen molar-refractivity contribution in [2.75, 3.05) is 6.54 Å². The largest absolute Gasteiger partial charge is 0.419 e. The van der Waals surface area contributed by atoms with Gasteiger partial charge in [0.1, 0.15) is 5.69 Å². The Labute approximate surface area is 150 Å². The van der Waals surface area contributed by atoms with Crippen LogP contribution in [0.1, 0.15) is 29.7 Å². The standard InChI is InChI=1S/C18H17ClN4O2/c1-2-11-23(18(24)15-9-5-6-10-20-15)12-16-21-22-17(25-16)13-7-3-4-8-14(13)19/h3-10H,2,11-12H2,1H3. The lowest BCUT2D eigenvalue weighted by atomic mass is 10.2. The molecule has 6 nitrogen and oxygen atoms in total. The lowest BCUT2D eigenvalue weighted by Gasteiger charge is -2.19. The molecule has 0 unspecified atom stereocenters. The molecule has 0 spiro atoms. The average Bonchev–Trinajstić information content (AvgIpc) is 3.10. The molecule has 1 aromatic carbocycles.